The fourth-order valence-electron chi connectivity index (χ4n) is 3.44. The van der Waals surface area contributed by atoms with Gasteiger partial charge in [0.15, 0.2) is 0 Å². The minimum Gasteiger partial charge on any atom is -0.496 e. The molecule has 154 valence electrons. The summed E-state index contributed by atoms with van der Waals surface area (Å²) in [6, 6.07) is 6.73. The molecule has 1 aromatic heterocycles. The van der Waals surface area contributed by atoms with Gasteiger partial charge in [0.25, 0.3) is 0 Å². The standard InChI is InChI=1S/C21H25FN4O2S/c1-14-15(2)29-21(18(14)11-23)24-20(27)13-26-8-6-25(7-9-26)12-16-10-17(22)4-5-19(16)28-3/h4-5,10H,6-9,12-13H2,1-3H3,(H,24,27). The summed E-state index contributed by atoms with van der Waals surface area (Å²) in [5.41, 5.74) is 2.30. The third kappa shape index (κ3) is 5.12. The number of methoxy groups -OCH3 is 1. The van der Waals surface area contributed by atoms with Crippen LogP contribution in [0.3, 0.4) is 0 Å². The van der Waals surface area contributed by atoms with Gasteiger partial charge in [0.2, 0.25) is 5.91 Å². The van der Waals surface area contributed by atoms with E-state index in [-0.39, 0.29) is 18.3 Å². The van der Waals surface area contributed by atoms with Crippen molar-refractivity contribution in [3.8, 4) is 11.8 Å². The predicted molar refractivity (Wildman–Crippen MR) is 112 cm³/mol. The summed E-state index contributed by atoms with van der Waals surface area (Å²) >= 11 is 1.44. The molecule has 0 unspecified atom stereocenters. The Hall–Kier alpha value is -2.47. The zero-order chi connectivity index (χ0) is 21.0. The summed E-state index contributed by atoms with van der Waals surface area (Å²) in [4.78, 5) is 17.8. The molecule has 0 bridgehead atoms. The van der Waals surface area contributed by atoms with Crippen LogP contribution in [0.2, 0.25) is 0 Å². The molecule has 1 aromatic carbocycles. The molecular formula is C21H25FN4O2S. The number of rotatable bonds is 6. The number of halogens is 1. The SMILES string of the molecule is COc1ccc(F)cc1CN1CCN(CC(=O)Nc2sc(C)c(C)c2C#N)CC1. The number of nitrogens with zero attached hydrogens (tertiary/aromatic N) is 3. The molecule has 29 heavy (non-hydrogen) atoms. The molecule has 6 nitrogen and oxygen atoms in total. The van der Waals surface area contributed by atoms with Crippen molar-refractivity contribution < 1.29 is 13.9 Å². The Morgan fingerprint density at radius 3 is 2.62 bits per heavy atom. The molecule has 1 fully saturated rings. The molecule has 2 aromatic rings. The predicted octanol–water partition coefficient (Wildman–Crippen LogP) is 3.14. The van der Waals surface area contributed by atoms with E-state index in [1.807, 2.05) is 13.8 Å². The number of carbonyl (C=O) groups excluding carboxylic acids is 1. The second-order valence-corrected chi connectivity index (χ2v) is 8.38. The molecule has 2 heterocycles. The molecular weight excluding hydrogens is 391 g/mol. The largest absolute Gasteiger partial charge is 0.496 e. The molecule has 1 saturated heterocycles. The monoisotopic (exact) mass is 416 g/mol. The van der Waals surface area contributed by atoms with Gasteiger partial charge in [-0.2, -0.15) is 5.26 Å². The van der Waals surface area contributed by atoms with Gasteiger partial charge >= 0.3 is 0 Å². The number of thiophene rings is 1. The molecule has 0 atom stereocenters. The van der Waals surface area contributed by atoms with Crippen molar-refractivity contribution in [3.05, 3.63) is 45.6 Å². The van der Waals surface area contributed by atoms with Crippen LogP contribution in [0.1, 0.15) is 21.6 Å². The molecule has 0 spiro atoms. The van der Waals surface area contributed by atoms with E-state index in [4.69, 9.17) is 4.74 Å². The molecule has 3 rings (SSSR count). The van der Waals surface area contributed by atoms with E-state index in [0.717, 1.165) is 42.2 Å². The Labute approximate surface area is 174 Å². The first kappa shape index (κ1) is 21.2. The average molecular weight is 417 g/mol. The average Bonchev–Trinajstić information content (AvgIpc) is 2.96. The summed E-state index contributed by atoms with van der Waals surface area (Å²) in [5, 5.41) is 12.8. The van der Waals surface area contributed by atoms with Gasteiger partial charge in [-0.25, -0.2) is 4.39 Å². The lowest BCUT2D eigenvalue weighted by atomic mass is 10.1. The van der Waals surface area contributed by atoms with Crippen molar-refractivity contribution in [1.29, 1.82) is 5.26 Å². The maximum atomic E-state index is 13.6. The van der Waals surface area contributed by atoms with Crippen molar-refractivity contribution in [2.45, 2.75) is 20.4 Å². The minimum atomic E-state index is -0.271. The number of ether oxygens (including phenoxy) is 1. The van der Waals surface area contributed by atoms with Crippen molar-refractivity contribution >= 4 is 22.2 Å². The first-order chi connectivity index (χ1) is 13.9. The van der Waals surface area contributed by atoms with E-state index in [0.29, 0.717) is 22.9 Å². The third-order valence-electron chi connectivity index (χ3n) is 5.22. The Morgan fingerprint density at radius 2 is 1.97 bits per heavy atom. The highest BCUT2D eigenvalue weighted by Gasteiger charge is 2.21. The number of hydrogen-bond donors (Lipinski definition) is 1. The van der Waals surface area contributed by atoms with Crippen molar-refractivity contribution in [2.24, 2.45) is 0 Å². The Kier molecular flexibility index (Phi) is 6.85. The molecule has 1 N–H and O–H groups in total. The third-order valence-corrected chi connectivity index (χ3v) is 6.34. The number of benzene rings is 1. The van der Waals surface area contributed by atoms with Crippen LogP contribution in [-0.4, -0.2) is 55.5 Å². The normalized spacial score (nSPS) is 15.1. The number of anilines is 1. The van der Waals surface area contributed by atoms with Gasteiger partial charge in [-0.1, -0.05) is 0 Å². The van der Waals surface area contributed by atoms with Crippen LogP contribution in [-0.2, 0) is 11.3 Å². The number of hydrogen-bond acceptors (Lipinski definition) is 6. The highest BCUT2D eigenvalue weighted by molar-refractivity contribution is 7.16. The van der Waals surface area contributed by atoms with Gasteiger partial charge in [-0.3, -0.25) is 14.6 Å². The lowest BCUT2D eigenvalue weighted by molar-refractivity contribution is -0.117. The zero-order valence-corrected chi connectivity index (χ0v) is 17.7. The molecule has 0 radical (unpaired) electrons. The second kappa shape index (κ2) is 9.35. The lowest BCUT2D eigenvalue weighted by Gasteiger charge is -2.34. The molecule has 0 aliphatic carbocycles. The number of piperazine rings is 1. The lowest BCUT2D eigenvalue weighted by Crippen LogP contribution is -2.48. The van der Waals surface area contributed by atoms with Crippen LogP contribution < -0.4 is 10.1 Å². The molecule has 8 heteroatoms. The highest BCUT2D eigenvalue weighted by atomic mass is 32.1. The Morgan fingerprint density at radius 1 is 1.28 bits per heavy atom. The minimum absolute atomic E-state index is 0.108. The van der Waals surface area contributed by atoms with E-state index in [1.165, 1.54) is 23.5 Å². The quantitative estimate of drug-likeness (QED) is 0.784. The first-order valence-corrected chi connectivity index (χ1v) is 10.3. The number of aryl methyl sites for hydroxylation is 1. The van der Waals surface area contributed by atoms with Crippen LogP contribution in [0.4, 0.5) is 9.39 Å². The summed E-state index contributed by atoms with van der Waals surface area (Å²) < 4.78 is 18.9. The Balaban J connectivity index is 1.51. The molecule has 1 aliphatic heterocycles. The van der Waals surface area contributed by atoms with E-state index < -0.39 is 0 Å². The number of carbonyl (C=O) groups is 1. The van der Waals surface area contributed by atoms with Crippen LogP contribution in [0.15, 0.2) is 18.2 Å². The number of amides is 1. The summed E-state index contributed by atoms with van der Waals surface area (Å²) in [7, 11) is 1.58. The van der Waals surface area contributed by atoms with Gasteiger partial charge in [0.05, 0.1) is 19.2 Å². The maximum Gasteiger partial charge on any atom is 0.239 e. The van der Waals surface area contributed by atoms with E-state index in [9.17, 15) is 14.4 Å². The van der Waals surface area contributed by atoms with E-state index in [2.05, 4.69) is 21.2 Å². The summed E-state index contributed by atoms with van der Waals surface area (Å²) in [6.07, 6.45) is 0. The summed E-state index contributed by atoms with van der Waals surface area (Å²) in [5.74, 6) is 0.304. The number of nitrogens with one attached hydrogen (secondary N) is 1. The van der Waals surface area contributed by atoms with Crippen LogP contribution in [0.25, 0.3) is 0 Å². The summed E-state index contributed by atoms with van der Waals surface area (Å²) in [6.45, 7) is 7.81. The van der Waals surface area contributed by atoms with Crippen molar-refractivity contribution in [1.82, 2.24) is 9.80 Å². The smallest absolute Gasteiger partial charge is 0.239 e. The van der Waals surface area contributed by atoms with Gasteiger partial charge in [-0.05, 0) is 37.6 Å². The maximum absolute atomic E-state index is 13.6. The molecule has 1 aliphatic rings. The first-order valence-electron chi connectivity index (χ1n) is 9.48. The fraction of sp³-hybridized carbons (Fsp3) is 0.429. The van der Waals surface area contributed by atoms with Gasteiger partial charge in [-0.15, -0.1) is 11.3 Å². The molecule has 1 amide bonds. The fourth-order valence-corrected chi connectivity index (χ4v) is 4.46. The Bertz CT molecular complexity index is 929. The van der Waals surface area contributed by atoms with Gasteiger partial charge in [0.1, 0.15) is 22.6 Å². The van der Waals surface area contributed by atoms with Crippen LogP contribution in [0.5, 0.6) is 5.75 Å². The topological polar surface area (TPSA) is 68.6 Å². The zero-order valence-electron chi connectivity index (χ0n) is 16.9. The number of nitriles is 1. The van der Waals surface area contributed by atoms with Crippen LogP contribution >= 0.6 is 11.3 Å². The van der Waals surface area contributed by atoms with E-state index >= 15 is 0 Å². The highest BCUT2D eigenvalue weighted by Crippen LogP contribution is 2.31. The van der Waals surface area contributed by atoms with Gasteiger partial charge < -0.3 is 10.1 Å². The second-order valence-electron chi connectivity index (χ2n) is 7.16. The van der Waals surface area contributed by atoms with Crippen molar-refractivity contribution in [3.63, 3.8) is 0 Å². The molecule has 0 saturated carbocycles. The van der Waals surface area contributed by atoms with E-state index in [1.54, 1.807) is 13.2 Å². The van der Waals surface area contributed by atoms with Crippen LogP contribution in [0, 0.1) is 31.0 Å². The van der Waals surface area contributed by atoms with Crippen molar-refractivity contribution in [2.75, 3.05) is 45.2 Å². The van der Waals surface area contributed by atoms with Gasteiger partial charge in [0, 0.05) is 43.2 Å².